The first-order valence-electron chi connectivity index (χ1n) is 4.37. The zero-order chi connectivity index (χ0) is 10.6. The lowest BCUT2D eigenvalue weighted by atomic mass is 10.2. The van der Waals surface area contributed by atoms with Crippen molar-refractivity contribution >= 4 is 5.97 Å². The summed E-state index contributed by atoms with van der Waals surface area (Å²) in [5, 5.41) is 0. The van der Waals surface area contributed by atoms with Crippen molar-refractivity contribution in [2.45, 2.75) is 13.8 Å². The van der Waals surface area contributed by atoms with Crippen molar-refractivity contribution in [1.82, 2.24) is 4.98 Å². The highest BCUT2D eigenvalue weighted by molar-refractivity contribution is 5.87. The first-order valence-corrected chi connectivity index (χ1v) is 4.37. The van der Waals surface area contributed by atoms with Crippen molar-refractivity contribution in [3.05, 3.63) is 23.4 Å². The molecule has 0 aliphatic rings. The van der Waals surface area contributed by atoms with Crippen molar-refractivity contribution in [3.8, 4) is 5.88 Å². The van der Waals surface area contributed by atoms with Gasteiger partial charge in [0.2, 0.25) is 5.88 Å². The van der Waals surface area contributed by atoms with Crippen LogP contribution in [-0.4, -0.2) is 24.7 Å². The van der Waals surface area contributed by atoms with Crippen LogP contribution in [0.2, 0.25) is 0 Å². The third-order valence-electron chi connectivity index (χ3n) is 1.73. The molecule has 1 aromatic rings. The normalized spacial score (nSPS) is 9.64. The quantitative estimate of drug-likeness (QED) is 0.687. The van der Waals surface area contributed by atoms with Crippen molar-refractivity contribution in [3.63, 3.8) is 0 Å². The average Bonchev–Trinajstić information content (AvgIpc) is 2.20. The predicted molar refractivity (Wildman–Crippen MR) is 51.5 cm³/mol. The monoisotopic (exact) mass is 195 g/mol. The Morgan fingerprint density at radius 3 is 2.79 bits per heavy atom. The second-order valence-corrected chi connectivity index (χ2v) is 2.74. The predicted octanol–water partition coefficient (Wildman–Crippen LogP) is 1.58. The van der Waals surface area contributed by atoms with E-state index in [4.69, 9.17) is 4.74 Å². The Bertz CT molecular complexity index is 336. The number of esters is 1. The molecule has 0 N–H and O–H groups in total. The molecule has 1 aromatic heterocycles. The molecular weight excluding hydrogens is 182 g/mol. The number of aryl methyl sites for hydroxylation is 1. The Labute approximate surface area is 82.9 Å². The molecule has 0 unspecified atom stereocenters. The zero-order valence-electron chi connectivity index (χ0n) is 8.53. The zero-order valence-corrected chi connectivity index (χ0v) is 8.53. The smallest absolute Gasteiger partial charge is 0.356 e. The van der Waals surface area contributed by atoms with E-state index in [1.54, 1.807) is 12.1 Å². The SMILES string of the molecule is CCOc1nc(C(=O)OC)ccc1C. The van der Waals surface area contributed by atoms with Gasteiger partial charge in [-0.3, -0.25) is 0 Å². The van der Waals surface area contributed by atoms with Gasteiger partial charge in [0.05, 0.1) is 13.7 Å². The van der Waals surface area contributed by atoms with E-state index in [2.05, 4.69) is 9.72 Å². The molecule has 1 heterocycles. The molecule has 0 aliphatic carbocycles. The van der Waals surface area contributed by atoms with Gasteiger partial charge in [-0.05, 0) is 19.9 Å². The molecule has 0 bridgehead atoms. The van der Waals surface area contributed by atoms with E-state index in [0.717, 1.165) is 5.56 Å². The summed E-state index contributed by atoms with van der Waals surface area (Å²) in [5.41, 5.74) is 1.17. The van der Waals surface area contributed by atoms with Gasteiger partial charge in [0.1, 0.15) is 0 Å². The van der Waals surface area contributed by atoms with Gasteiger partial charge in [0.25, 0.3) is 0 Å². The van der Waals surface area contributed by atoms with Crippen LogP contribution in [0.15, 0.2) is 12.1 Å². The summed E-state index contributed by atoms with van der Waals surface area (Å²) in [6.07, 6.45) is 0. The largest absolute Gasteiger partial charge is 0.478 e. The Kier molecular flexibility index (Phi) is 3.45. The number of hydrogen-bond donors (Lipinski definition) is 0. The summed E-state index contributed by atoms with van der Waals surface area (Å²) >= 11 is 0. The third-order valence-corrected chi connectivity index (χ3v) is 1.73. The minimum absolute atomic E-state index is 0.265. The average molecular weight is 195 g/mol. The van der Waals surface area contributed by atoms with Gasteiger partial charge >= 0.3 is 5.97 Å². The Hall–Kier alpha value is -1.58. The van der Waals surface area contributed by atoms with E-state index in [0.29, 0.717) is 12.5 Å². The minimum Gasteiger partial charge on any atom is -0.478 e. The summed E-state index contributed by atoms with van der Waals surface area (Å²) in [4.78, 5) is 15.2. The number of methoxy groups -OCH3 is 1. The topological polar surface area (TPSA) is 48.4 Å². The van der Waals surface area contributed by atoms with Gasteiger partial charge in [0, 0.05) is 5.56 Å². The van der Waals surface area contributed by atoms with Gasteiger partial charge in [-0.25, -0.2) is 9.78 Å². The number of carbonyl (C=O) groups is 1. The molecule has 0 aliphatic heterocycles. The van der Waals surface area contributed by atoms with Crippen LogP contribution in [0.5, 0.6) is 5.88 Å². The number of hydrogen-bond acceptors (Lipinski definition) is 4. The standard InChI is InChI=1S/C10H13NO3/c1-4-14-9-7(2)5-6-8(11-9)10(12)13-3/h5-6H,4H2,1-3H3. The lowest BCUT2D eigenvalue weighted by Crippen LogP contribution is -2.06. The van der Waals surface area contributed by atoms with Crippen molar-refractivity contribution < 1.29 is 14.3 Å². The van der Waals surface area contributed by atoms with E-state index < -0.39 is 5.97 Å². The minimum atomic E-state index is -0.453. The molecule has 0 radical (unpaired) electrons. The molecule has 0 aromatic carbocycles. The number of aromatic nitrogens is 1. The maximum Gasteiger partial charge on any atom is 0.356 e. The van der Waals surface area contributed by atoms with Crippen LogP contribution in [0.3, 0.4) is 0 Å². The molecule has 0 spiro atoms. The Morgan fingerprint density at radius 1 is 1.50 bits per heavy atom. The molecule has 1 rings (SSSR count). The molecule has 76 valence electrons. The van der Waals surface area contributed by atoms with E-state index in [-0.39, 0.29) is 5.69 Å². The van der Waals surface area contributed by atoms with Crippen molar-refractivity contribution in [2.75, 3.05) is 13.7 Å². The summed E-state index contributed by atoms with van der Waals surface area (Å²) in [6, 6.07) is 3.40. The summed E-state index contributed by atoms with van der Waals surface area (Å²) in [5.74, 6) is 0.0290. The van der Waals surface area contributed by atoms with Gasteiger partial charge in [-0.2, -0.15) is 0 Å². The van der Waals surface area contributed by atoms with E-state index >= 15 is 0 Å². The van der Waals surface area contributed by atoms with Gasteiger partial charge in [-0.1, -0.05) is 6.07 Å². The number of carbonyl (C=O) groups excluding carboxylic acids is 1. The van der Waals surface area contributed by atoms with Crippen molar-refractivity contribution in [1.29, 1.82) is 0 Å². The number of nitrogens with zero attached hydrogens (tertiary/aromatic N) is 1. The number of pyridine rings is 1. The number of rotatable bonds is 3. The fourth-order valence-corrected chi connectivity index (χ4v) is 1.01. The first-order chi connectivity index (χ1) is 6.69. The van der Waals surface area contributed by atoms with Crippen LogP contribution in [0.4, 0.5) is 0 Å². The maximum atomic E-state index is 11.1. The lowest BCUT2D eigenvalue weighted by molar-refractivity contribution is 0.0592. The van der Waals surface area contributed by atoms with Crippen LogP contribution in [-0.2, 0) is 4.74 Å². The van der Waals surface area contributed by atoms with Crippen LogP contribution in [0, 0.1) is 6.92 Å². The highest BCUT2D eigenvalue weighted by Gasteiger charge is 2.09. The molecule has 0 atom stereocenters. The first kappa shape index (κ1) is 10.5. The molecule has 0 fully saturated rings. The summed E-state index contributed by atoms with van der Waals surface area (Å²) in [7, 11) is 1.32. The fourth-order valence-electron chi connectivity index (χ4n) is 1.01. The Morgan fingerprint density at radius 2 is 2.21 bits per heavy atom. The maximum absolute atomic E-state index is 11.1. The molecule has 4 nitrogen and oxygen atoms in total. The van der Waals surface area contributed by atoms with Crippen molar-refractivity contribution in [2.24, 2.45) is 0 Å². The molecule has 4 heteroatoms. The fraction of sp³-hybridized carbons (Fsp3) is 0.400. The van der Waals surface area contributed by atoms with E-state index in [9.17, 15) is 4.79 Å². The highest BCUT2D eigenvalue weighted by atomic mass is 16.5. The summed E-state index contributed by atoms with van der Waals surface area (Å²) in [6.45, 7) is 4.27. The second-order valence-electron chi connectivity index (χ2n) is 2.74. The Balaban J connectivity index is 2.99. The molecule has 14 heavy (non-hydrogen) atoms. The third kappa shape index (κ3) is 2.22. The van der Waals surface area contributed by atoms with Gasteiger partial charge in [-0.15, -0.1) is 0 Å². The van der Waals surface area contributed by atoms with E-state index in [1.165, 1.54) is 7.11 Å². The molecule has 0 amide bonds. The van der Waals surface area contributed by atoms with Crippen LogP contribution < -0.4 is 4.74 Å². The van der Waals surface area contributed by atoms with E-state index in [1.807, 2.05) is 13.8 Å². The molecule has 0 saturated carbocycles. The second kappa shape index (κ2) is 4.60. The van der Waals surface area contributed by atoms with Gasteiger partial charge < -0.3 is 9.47 Å². The van der Waals surface area contributed by atoms with Crippen LogP contribution >= 0.6 is 0 Å². The van der Waals surface area contributed by atoms with Crippen LogP contribution in [0.25, 0.3) is 0 Å². The molecular formula is C10H13NO3. The highest BCUT2D eigenvalue weighted by Crippen LogP contribution is 2.15. The molecule has 0 saturated heterocycles. The lowest BCUT2D eigenvalue weighted by Gasteiger charge is -2.06. The van der Waals surface area contributed by atoms with Gasteiger partial charge in [0.15, 0.2) is 5.69 Å². The summed E-state index contributed by atoms with van der Waals surface area (Å²) < 4.78 is 9.81. The number of ether oxygens (including phenoxy) is 2. The van der Waals surface area contributed by atoms with Crippen LogP contribution in [0.1, 0.15) is 23.0 Å².